The summed E-state index contributed by atoms with van der Waals surface area (Å²) < 4.78 is 11.5. The predicted octanol–water partition coefficient (Wildman–Crippen LogP) is 5.85. The van der Waals surface area contributed by atoms with Crippen LogP contribution in [0.5, 0.6) is 11.5 Å². The molecule has 0 radical (unpaired) electrons. The summed E-state index contributed by atoms with van der Waals surface area (Å²) in [6, 6.07) is 25.5. The summed E-state index contributed by atoms with van der Waals surface area (Å²) in [5.41, 5.74) is 3.30. The molecule has 0 bridgehead atoms. The Hall–Kier alpha value is -2.57. The zero-order valence-electron chi connectivity index (χ0n) is 18.0. The number of nitrogens with one attached hydrogen (secondary N) is 1. The molecule has 1 amide bonds. The van der Waals surface area contributed by atoms with Crippen molar-refractivity contribution in [3.05, 3.63) is 95.6 Å². The van der Waals surface area contributed by atoms with Crippen molar-refractivity contribution < 1.29 is 14.3 Å². The van der Waals surface area contributed by atoms with Gasteiger partial charge in [0.2, 0.25) is 0 Å². The van der Waals surface area contributed by atoms with E-state index < -0.39 is 0 Å². The van der Waals surface area contributed by atoms with Gasteiger partial charge in [0.1, 0.15) is 11.5 Å². The van der Waals surface area contributed by atoms with E-state index in [-0.39, 0.29) is 18.6 Å². The van der Waals surface area contributed by atoms with Crippen LogP contribution in [0.1, 0.15) is 33.7 Å². The van der Waals surface area contributed by atoms with E-state index in [9.17, 15) is 4.79 Å². The molecular weight excluding hydrogens is 438 g/mol. The van der Waals surface area contributed by atoms with Gasteiger partial charge in [-0.2, -0.15) is 0 Å². The molecule has 1 aliphatic rings. The highest BCUT2D eigenvalue weighted by Gasteiger charge is 2.18. The Balaban J connectivity index is 1.38. The number of rotatable bonds is 8. The molecule has 0 aliphatic carbocycles. The summed E-state index contributed by atoms with van der Waals surface area (Å²) in [5.74, 6) is 3.75. The van der Waals surface area contributed by atoms with Crippen LogP contribution in [-0.2, 0) is 4.79 Å². The molecule has 0 aromatic heterocycles. The molecule has 1 aliphatic heterocycles. The Morgan fingerprint density at radius 2 is 1.53 bits per heavy atom. The molecule has 0 saturated carbocycles. The third-order valence-corrected chi connectivity index (χ3v) is 8.25. The zero-order chi connectivity index (χ0) is 22.2. The van der Waals surface area contributed by atoms with Crippen molar-refractivity contribution in [2.24, 2.45) is 0 Å². The van der Waals surface area contributed by atoms with E-state index in [2.05, 4.69) is 17.4 Å². The average molecular weight is 466 g/mol. The van der Waals surface area contributed by atoms with Gasteiger partial charge in [-0.15, -0.1) is 23.5 Å². The van der Waals surface area contributed by atoms with Gasteiger partial charge >= 0.3 is 0 Å². The van der Waals surface area contributed by atoms with Crippen LogP contribution in [0.25, 0.3) is 0 Å². The van der Waals surface area contributed by atoms with Crippen LogP contribution < -0.4 is 14.8 Å². The van der Waals surface area contributed by atoms with Gasteiger partial charge in [-0.05, 0) is 58.9 Å². The number of carbonyl (C=O) groups is 1. The molecule has 32 heavy (non-hydrogen) atoms. The van der Waals surface area contributed by atoms with Gasteiger partial charge in [0, 0.05) is 0 Å². The lowest BCUT2D eigenvalue weighted by Gasteiger charge is -2.21. The number of hydrogen-bond acceptors (Lipinski definition) is 5. The molecular formula is C26H27NO3S2. The maximum Gasteiger partial charge on any atom is 0.258 e. The smallest absolute Gasteiger partial charge is 0.258 e. The van der Waals surface area contributed by atoms with E-state index in [1.165, 1.54) is 23.5 Å². The second kappa shape index (κ2) is 11.3. The molecule has 3 aromatic carbocycles. The van der Waals surface area contributed by atoms with Crippen LogP contribution in [0.3, 0.4) is 0 Å². The minimum atomic E-state index is -0.263. The molecule has 1 saturated heterocycles. The number of ether oxygens (including phenoxy) is 2. The van der Waals surface area contributed by atoms with E-state index in [4.69, 9.17) is 9.47 Å². The highest BCUT2D eigenvalue weighted by Crippen LogP contribution is 2.43. The summed E-state index contributed by atoms with van der Waals surface area (Å²) in [5, 5.41) is 3.11. The maximum absolute atomic E-state index is 12.7. The summed E-state index contributed by atoms with van der Waals surface area (Å²) in [6.45, 7) is -0.0359. The molecule has 3 aromatic rings. The highest BCUT2D eigenvalue weighted by atomic mass is 32.2. The normalized spacial score (nSPS) is 15.0. The number of thioether (sulfide) groups is 2. The molecule has 0 spiro atoms. The third kappa shape index (κ3) is 6.02. The van der Waals surface area contributed by atoms with Crippen LogP contribution in [-0.4, -0.2) is 31.1 Å². The highest BCUT2D eigenvalue weighted by molar-refractivity contribution is 8.16. The maximum atomic E-state index is 12.7. The fourth-order valence-corrected chi connectivity index (χ4v) is 6.45. The topological polar surface area (TPSA) is 47.6 Å². The Morgan fingerprint density at radius 3 is 2.19 bits per heavy atom. The van der Waals surface area contributed by atoms with E-state index in [0.717, 1.165) is 16.9 Å². The van der Waals surface area contributed by atoms with E-state index in [1.807, 2.05) is 90.3 Å². The second-order valence-electron chi connectivity index (χ2n) is 7.47. The minimum Gasteiger partial charge on any atom is -0.497 e. The Kier molecular flexibility index (Phi) is 8.02. The first-order valence-corrected chi connectivity index (χ1v) is 12.8. The number of amides is 1. The van der Waals surface area contributed by atoms with Gasteiger partial charge in [0.15, 0.2) is 6.61 Å². The average Bonchev–Trinajstić information content (AvgIpc) is 2.87. The lowest BCUT2D eigenvalue weighted by atomic mass is 9.98. The summed E-state index contributed by atoms with van der Waals surface area (Å²) in [6.07, 6.45) is 1.28. The quantitative estimate of drug-likeness (QED) is 0.452. The van der Waals surface area contributed by atoms with Crippen molar-refractivity contribution in [2.45, 2.75) is 17.0 Å². The number of benzene rings is 3. The molecule has 6 heteroatoms. The molecule has 1 N–H and O–H groups in total. The minimum absolute atomic E-state index is 0.0359. The first-order valence-electron chi connectivity index (χ1n) is 10.7. The van der Waals surface area contributed by atoms with Crippen LogP contribution in [0, 0.1) is 0 Å². The first kappa shape index (κ1) is 22.6. The van der Waals surface area contributed by atoms with E-state index in [1.54, 1.807) is 7.11 Å². The van der Waals surface area contributed by atoms with Crippen molar-refractivity contribution in [3.8, 4) is 11.5 Å². The lowest BCUT2D eigenvalue weighted by molar-refractivity contribution is -0.123. The largest absolute Gasteiger partial charge is 0.497 e. The van der Waals surface area contributed by atoms with Crippen molar-refractivity contribution >= 4 is 29.4 Å². The Labute approximate surface area is 198 Å². The summed E-state index contributed by atoms with van der Waals surface area (Å²) >= 11 is 3.99. The summed E-state index contributed by atoms with van der Waals surface area (Å²) in [7, 11) is 1.64. The van der Waals surface area contributed by atoms with Crippen LogP contribution >= 0.6 is 23.5 Å². The Morgan fingerprint density at radius 1 is 0.906 bits per heavy atom. The molecule has 166 valence electrons. The molecule has 4 nitrogen and oxygen atoms in total. The third-order valence-electron chi connectivity index (χ3n) is 5.24. The zero-order valence-corrected chi connectivity index (χ0v) is 19.7. The van der Waals surface area contributed by atoms with Gasteiger partial charge in [-0.3, -0.25) is 4.79 Å². The number of hydrogen-bond donors (Lipinski definition) is 1. The van der Waals surface area contributed by atoms with Gasteiger partial charge in [0.05, 0.1) is 17.7 Å². The van der Waals surface area contributed by atoms with Crippen molar-refractivity contribution in [3.63, 3.8) is 0 Å². The molecule has 1 unspecified atom stereocenters. The first-order chi connectivity index (χ1) is 15.7. The predicted molar refractivity (Wildman–Crippen MR) is 134 cm³/mol. The molecule has 1 fully saturated rings. The SMILES string of the molecule is COc1ccc(C(NC(=O)COc2ccc(C3SCCCS3)cc2)c2ccccc2)cc1. The lowest BCUT2D eigenvalue weighted by Crippen LogP contribution is -2.33. The standard InChI is InChI=1S/C26H27NO3S2/c1-29-22-12-8-20(9-13-22)25(19-6-3-2-4-7-19)27-24(28)18-30-23-14-10-21(11-15-23)26-31-16-5-17-32-26/h2-4,6-15,25-26H,5,16-18H2,1H3,(H,27,28). The second-order valence-corrected chi connectivity index (χ2v) is 10.2. The number of methoxy groups -OCH3 is 1. The van der Waals surface area contributed by atoms with Gasteiger partial charge in [-0.1, -0.05) is 54.6 Å². The van der Waals surface area contributed by atoms with Crippen molar-refractivity contribution in [1.29, 1.82) is 0 Å². The van der Waals surface area contributed by atoms with Crippen LogP contribution in [0.2, 0.25) is 0 Å². The van der Waals surface area contributed by atoms with Gasteiger partial charge < -0.3 is 14.8 Å². The Bertz CT molecular complexity index is 988. The van der Waals surface area contributed by atoms with Gasteiger partial charge in [-0.25, -0.2) is 0 Å². The molecule has 1 heterocycles. The summed E-state index contributed by atoms with van der Waals surface area (Å²) in [4.78, 5) is 12.7. The van der Waals surface area contributed by atoms with Crippen molar-refractivity contribution in [1.82, 2.24) is 5.32 Å². The van der Waals surface area contributed by atoms with Crippen LogP contribution in [0.4, 0.5) is 0 Å². The van der Waals surface area contributed by atoms with Crippen molar-refractivity contribution in [2.75, 3.05) is 25.2 Å². The molecule has 4 rings (SSSR count). The molecule has 1 atom stereocenters. The number of carbonyl (C=O) groups excluding carboxylic acids is 1. The van der Waals surface area contributed by atoms with Gasteiger partial charge in [0.25, 0.3) is 5.91 Å². The van der Waals surface area contributed by atoms with E-state index in [0.29, 0.717) is 10.3 Å². The van der Waals surface area contributed by atoms with Crippen LogP contribution in [0.15, 0.2) is 78.9 Å². The fraction of sp³-hybridized carbons (Fsp3) is 0.269. The van der Waals surface area contributed by atoms with E-state index >= 15 is 0 Å². The fourth-order valence-electron chi connectivity index (χ4n) is 3.55. The monoisotopic (exact) mass is 465 g/mol.